The molecule has 0 aliphatic heterocycles. The van der Waals surface area contributed by atoms with Crippen molar-refractivity contribution in [3.05, 3.63) is 70.1 Å². The first-order chi connectivity index (χ1) is 10.3. The summed E-state index contributed by atoms with van der Waals surface area (Å²) in [5.41, 5.74) is 0.129. The van der Waals surface area contributed by atoms with Crippen LogP contribution >= 0.6 is 11.6 Å². The van der Waals surface area contributed by atoms with Gasteiger partial charge in [0.1, 0.15) is 11.6 Å². The number of hydrogen-bond donors (Lipinski definition) is 0. The largest absolute Gasteiger partial charge is 0.267 e. The Balaban J connectivity index is 2.34. The molecule has 0 N–H and O–H groups in total. The predicted octanol–water partition coefficient (Wildman–Crippen LogP) is 4.06. The molecule has 0 amide bonds. The Labute approximate surface area is 132 Å². The lowest BCUT2D eigenvalue weighted by Gasteiger charge is -2.17. The van der Waals surface area contributed by atoms with Gasteiger partial charge in [0.05, 0.1) is 11.1 Å². The van der Waals surface area contributed by atoms with E-state index in [9.17, 15) is 17.2 Å². The first-order valence-electron chi connectivity index (χ1n) is 6.18. The monoisotopic (exact) mass is 343 g/mol. The van der Waals surface area contributed by atoms with E-state index in [1.165, 1.54) is 6.08 Å². The van der Waals surface area contributed by atoms with Gasteiger partial charge >= 0.3 is 0 Å². The van der Waals surface area contributed by atoms with Gasteiger partial charge in [0.25, 0.3) is 10.0 Å². The average molecular weight is 344 g/mol. The zero-order chi connectivity index (χ0) is 16.3. The van der Waals surface area contributed by atoms with E-state index in [1.807, 2.05) is 0 Å². The van der Waals surface area contributed by atoms with Crippen LogP contribution in [0.1, 0.15) is 5.56 Å². The highest BCUT2D eigenvalue weighted by molar-refractivity contribution is 7.95. The van der Waals surface area contributed by atoms with Crippen LogP contribution in [0.2, 0.25) is 5.02 Å². The smallest absolute Gasteiger partial charge is 0.257 e. The van der Waals surface area contributed by atoms with Gasteiger partial charge in [0, 0.05) is 18.1 Å². The molecule has 7 heteroatoms. The number of rotatable bonds is 4. The summed E-state index contributed by atoms with van der Waals surface area (Å²) in [7, 11) is -2.84. The summed E-state index contributed by atoms with van der Waals surface area (Å²) >= 11 is 5.93. The third-order valence-corrected chi connectivity index (χ3v) is 4.74. The van der Waals surface area contributed by atoms with Gasteiger partial charge in [-0.15, -0.1) is 0 Å². The van der Waals surface area contributed by atoms with Crippen molar-refractivity contribution in [2.45, 2.75) is 0 Å². The average Bonchev–Trinajstić information content (AvgIpc) is 2.48. The van der Waals surface area contributed by atoms with E-state index in [1.54, 1.807) is 24.3 Å². The van der Waals surface area contributed by atoms with Crippen LogP contribution in [0.25, 0.3) is 6.08 Å². The molecule has 0 heterocycles. The Kier molecular flexibility index (Phi) is 4.83. The lowest BCUT2D eigenvalue weighted by molar-refractivity contribution is 0.590. The molecule has 2 aromatic carbocycles. The van der Waals surface area contributed by atoms with Gasteiger partial charge in [-0.25, -0.2) is 17.2 Å². The maximum atomic E-state index is 13.7. The number of halogens is 3. The molecule has 0 radical (unpaired) electrons. The number of nitrogens with zero attached hydrogens (tertiary/aromatic N) is 1. The molecular weight excluding hydrogens is 332 g/mol. The van der Waals surface area contributed by atoms with Crippen LogP contribution in [0.4, 0.5) is 14.5 Å². The molecule has 0 saturated heterocycles. The van der Waals surface area contributed by atoms with Crippen molar-refractivity contribution in [3.63, 3.8) is 0 Å². The van der Waals surface area contributed by atoms with Gasteiger partial charge in [0.15, 0.2) is 0 Å². The van der Waals surface area contributed by atoms with Gasteiger partial charge in [-0.2, -0.15) is 0 Å². The van der Waals surface area contributed by atoms with Crippen molar-refractivity contribution in [3.8, 4) is 0 Å². The van der Waals surface area contributed by atoms with Crippen molar-refractivity contribution in [2.75, 3.05) is 11.4 Å². The second-order valence-electron chi connectivity index (χ2n) is 4.43. The minimum absolute atomic E-state index is 0.371. The third-order valence-electron chi connectivity index (χ3n) is 2.95. The fourth-order valence-electron chi connectivity index (χ4n) is 1.73. The standard InChI is InChI=1S/C15H12ClF2NO2S/c1-19(15-10-12(17)6-7-14(15)18)22(20,21)9-8-11-4-2-3-5-13(11)16/h2-10H,1H3/b9-8+. The summed E-state index contributed by atoms with van der Waals surface area (Å²) in [4.78, 5) is 0. The Morgan fingerprint density at radius 2 is 1.82 bits per heavy atom. The highest BCUT2D eigenvalue weighted by atomic mass is 35.5. The first kappa shape index (κ1) is 16.5. The fraction of sp³-hybridized carbons (Fsp3) is 0.0667. The molecule has 116 valence electrons. The second-order valence-corrected chi connectivity index (χ2v) is 6.69. The SMILES string of the molecule is CN(c1cc(F)ccc1F)S(=O)(=O)/C=C/c1ccccc1Cl. The Hall–Kier alpha value is -1.92. The van der Waals surface area contributed by atoms with Gasteiger partial charge in [-0.3, -0.25) is 4.31 Å². The van der Waals surface area contributed by atoms with E-state index in [-0.39, 0.29) is 5.69 Å². The van der Waals surface area contributed by atoms with Crippen LogP contribution in [0.15, 0.2) is 47.9 Å². The molecule has 0 bridgehead atoms. The summed E-state index contributed by atoms with van der Waals surface area (Å²) < 4.78 is 51.9. The molecule has 0 aliphatic rings. The molecule has 0 fully saturated rings. The highest BCUT2D eigenvalue weighted by Gasteiger charge is 2.19. The molecule has 2 rings (SSSR count). The van der Waals surface area contributed by atoms with Crippen molar-refractivity contribution < 1.29 is 17.2 Å². The summed E-state index contributed by atoms with van der Waals surface area (Å²) in [5.74, 6) is -1.56. The van der Waals surface area contributed by atoms with Gasteiger partial charge < -0.3 is 0 Å². The van der Waals surface area contributed by atoms with Crippen LogP contribution < -0.4 is 4.31 Å². The third kappa shape index (κ3) is 3.64. The van der Waals surface area contributed by atoms with E-state index < -0.39 is 21.7 Å². The molecule has 0 saturated carbocycles. The molecule has 0 aliphatic carbocycles. The van der Waals surface area contributed by atoms with Crippen LogP contribution in [0.5, 0.6) is 0 Å². The van der Waals surface area contributed by atoms with E-state index in [2.05, 4.69) is 0 Å². The number of sulfonamides is 1. The lowest BCUT2D eigenvalue weighted by Crippen LogP contribution is -2.25. The predicted molar refractivity (Wildman–Crippen MR) is 84.2 cm³/mol. The number of benzene rings is 2. The van der Waals surface area contributed by atoms with Crippen LogP contribution in [0, 0.1) is 11.6 Å². The van der Waals surface area contributed by atoms with Gasteiger partial charge in [0.2, 0.25) is 0 Å². The molecule has 0 aromatic heterocycles. The normalized spacial score (nSPS) is 11.8. The fourth-order valence-corrected chi connectivity index (χ4v) is 2.84. The first-order valence-corrected chi connectivity index (χ1v) is 8.06. The van der Waals surface area contributed by atoms with Crippen molar-refractivity contribution in [1.29, 1.82) is 0 Å². The molecule has 2 aromatic rings. The Bertz CT molecular complexity index is 822. The van der Waals surface area contributed by atoms with Crippen LogP contribution in [0.3, 0.4) is 0 Å². The second kappa shape index (κ2) is 6.46. The minimum atomic E-state index is -3.98. The topological polar surface area (TPSA) is 37.4 Å². The molecule has 0 atom stereocenters. The zero-order valence-corrected chi connectivity index (χ0v) is 13.1. The van der Waals surface area contributed by atoms with Gasteiger partial charge in [-0.05, 0) is 29.8 Å². The number of hydrogen-bond acceptors (Lipinski definition) is 2. The Morgan fingerprint density at radius 1 is 1.14 bits per heavy atom. The Morgan fingerprint density at radius 3 is 2.50 bits per heavy atom. The van der Waals surface area contributed by atoms with Gasteiger partial charge in [-0.1, -0.05) is 29.8 Å². The quantitative estimate of drug-likeness (QED) is 0.839. The van der Waals surface area contributed by atoms with Crippen molar-refractivity contribution in [2.24, 2.45) is 0 Å². The molecule has 22 heavy (non-hydrogen) atoms. The van der Waals surface area contributed by atoms with Crippen molar-refractivity contribution in [1.82, 2.24) is 0 Å². The summed E-state index contributed by atoms with van der Waals surface area (Å²) in [6.45, 7) is 0. The molecular formula is C15H12ClF2NO2S. The summed E-state index contributed by atoms with van der Waals surface area (Å²) in [6.07, 6.45) is 1.30. The van der Waals surface area contributed by atoms with Crippen LogP contribution in [-0.2, 0) is 10.0 Å². The molecule has 3 nitrogen and oxygen atoms in total. The van der Waals surface area contributed by atoms with E-state index in [0.717, 1.165) is 30.7 Å². The molecule has 0 unspecified atom stereocenters. The number of anilines is 1. The maximum absolute atomic E-state index is 13.7. The minimum Gasteiger partial charge on any atom is -0.267 e. The molecule has 0 spiro atoms. The lowest BCUT2D eigenvalue weighted by atomic mass is 10.2. The zero-order valence-electron chi connectivity index (χ0n) is 11.5. The van der Waals surface area contributed by atoms with E-state index in [4.69, 9.17) is 11.6 Å². The van der Waals surface area contributed by atoms with Crippen molar-refractivity contribution >= 4 is 33.4 Å². The van der Waals surface area contributed by atoms with E-state index in [0.29, 0.717) is 14.9 Å². The summed E-state index contributed by atoms with van der Waals surface area (Å²) in [6, 6.07) is 9.26. The van der Waals surface area contributed by atoms with Crippen LogP contribution in [-0.4, -0.2) is 15.5 Å². The highest BCUT2D eigenvalue weighted by Crippen LogP contribution is 2.23. The maximum Gasteiger partial charge on any atom is 0.257 e. The van der Waals surface area contributed by atoms with E-state index >= 15 is 0 Å². The summed E-state index contributed by atoms with van der Waals surface area (Å²) in [5, 5.41) is 1.27.